The lowest BCUT2D eigenvalue weighted by molar-refractivity contribution is 0.276. The van der Waals surface area contributed by atoms with Crippen LogP contribution in [0, 0.1) is 0 Å². The van der Waals surface area contributed by atoms with E-state index in [1.165, 1.54) is 0 Å². The van der Waals surface area contributed by atoms with Crippen molar-refractivity contribution in [1.82, 2.24) is 10.2 Å². The average molecular weight is 274 g/mol. The molecular weight excluding hydrogens is 267 g/mol. The molecule has 2 aromatic rings. The maximum atomic E-state index is 8.95. The molecule has 0 atom stereocenters. The van der Waals surface area contributed by atoms with Gasteiger partial charge in [0.05, 0.1) is 17.1 Å². The second-order valence-corrected chi connectivity index (χ2v) is 4.07. The largest absolute Gasteiger partial charge is 0.390 e. The molecular formula is C9H6BrClN2O. The van der Waals surface area contributed by atoms with Crippen molar-refractivity contribution in [2.45, 2.75) is 6.61 Å². The Bertz CT molecular complexity index is 489. The Labute approximate surface area is 93.9 Å². The normalized spacial score (nSPS) is 10.8. The van der Waals surface area contributed by atoms with Crippen molar-refractivity contribution in [2.75, 3.05) is 0 Å². The van der Waals surface area contributed by atoms with E-state index in [0.717, 1.165) is 15.4 Å². The summed E-state index contributed by atoms with van der Waals surface area (Å²) in [6, 6.07) is 5.54. The first-order valence-electron chi connectivity index (χ1n) is 3.93. The third-order valence-electron chi connectivity index (χ3n) is 1.88. The molecule has 72 valence electrons. The second kappa shape index (κ2) is 3.81. The van der Waals surface area contributed by atoms with Gasteiger partial charge in [-0.3, -0.25) is 0 Å². The molecule has 0 saturated heterocycles. The van der Waals surface area contributed by atoms with Gasteiger partial charge >= 0.3 is 0 Å². The molecule has 0 bridgehead atoms. The van der Waals surface area contributed by atoms with E-state index in [-0.39, 0.29) is 6.61 Å². The SMILES string of the molecule is OCc1nnc2ccc(Br)cc2c1Cl. The highest BCUT2D eigenvalue weighted by Crippen LogP contribution is 2.26. The Hall–Kier alpha value is -0.710. The minimum Gasteiger partial charge on any atom is -0.390 e. The van der Waals surface area contributed by atoms with Gasteiger partial charge in [-0.25, -0.2) is 0 Å². The lowest BCUT2D eigenvalue weighted by atomic mass is 10.2. The zero-order valence-corrected chi connectivity index (χ0v) is 9.38. The maximum absolute atomic E-state index is 8.95. The van der Waals surface area contributed by atoms with Crippen LogP contribution in [0.1, 0.15) is 5.69 Å². The molecule has 5 heteroatoms. The lowest BCUT2D eigenvalue weighted by Gasteiger charge is -2.03. The lowest BCUT2D eigenvalue weighted by Crippen LogP contribution is -1.95. The zero-order chi connectivity index (χ0) is 10.1. The molecule has 1 N–H and O–H groups in total. The fourth-order valence-electron chi connectivity index (χ4n) is 1.19. The monoisotopic (exact) mass is 272 g/mol. The minimum atomic E-state index is -0.200. The summed E-state index contributed by atoms with van der Waals surface area (Å²) >= 11 is 9.37. The van der Waals surface area contributed by atoms with Crippen LogP contribution in [0.3, 0.4) is 0 Å². The van der Waals surface area contributed by atoms with Crippen molar-refractivity contribution in [1.29, 1.82) is 0 Å². The summed E-state index contributed by atoms with van der Waals surface area (Å²) in [6.07, 6.45) is 0. The fraction of sp³-hybridized carbons (Fsp3) is 0.111. The highest BCUT2D eigenvalue weighted by Gasteiger charge is 2.07. The number of aromatic nitrogens is 2. The van der Waals surface area contributed by atoms with Crippen LogP contribution >= 0.6 is 27.5 Å². The predicted molar refractivity (Wildman–Crippen MR) is 58.2 cm³/mol. The van der Waals surface area contributed by atoms with Crippen LogP contribution < -0.4 is 0 Å². The molecule has 0 aliphatic rings. The molecule has 0 saturated carbocycles. The Morgan fingerprint density at radius 3 is 2.86 bits per heavy atom. The van der Waals surface area contributed by atoms with E-state index in [2.05, 4.69) is 26.1 Å². The molecule has 0 spiro atoms. The van der Waals surface area contributed by atoms with Crippen LogP contribution in [0.2, 0.25) is 5.02 Å². The van der Waals surface area contributed by atoms with Crippen LogP contribution in [0.15, 0.2) is 22.7 Å². The van der Waals surface area contributed by atoms with E-state index in [1.54, 1.807) is 0 Å². The van der Waals surface area contributed by atoms with Gasteiger partial charge in [0.2, 0.25) is 0 Å². The fourth-order valence-corrected chi connectivity index (χ4v) is 1.80. The van der Waals surface area contributed by atoms with Crippen molar-refractivity contribution < 1.29 is 5.11 Å². The van der Waals surface area contributed by atoms with Gasteiger partial charge in [-0.15, -0.1) is 0 Å². The molecule has 0 unspecified atom stereocenters. The Morgan fingerprint density at radius 2 is 2.14 bits per heavy atom. The first kappa shape index (κ1) is 9.83. The van der Waals surface area contributed by atoms with Crippen molar-refractivity contribution in [3.63, 3.8) is 0 Å². The molecule has 0 aliphatic heterocycles. The van der Waals surface area contributed by atoms with Gasteiger partial charge in [-0.1, -0.05) is 27.5 Å². The molecule has 0 fully saturated rings. The number of halogens is 2. The van der Waals surface area contributed by atoms with Crippen LogP contribution in [0.4, 0.5) is 0 Å². The van der Waals surface area contributed by atoms with E-state index in [1.807, 2.05) is 18.2 Å². The van der Waals surface area contributed by atoms with Crippen LogP contribution in [0.5, 0.6) is 0 Å². The van der Waals surface area contributed by atoms with E-state index in [4.69, 9.17) is 16.7 Å². The maximum Gasteiger partial charge on any atom is 0.108 e. The molecule has 1 aromatic heterocycles. The molecule has 0 amide bonds. The van der Waals surface area contributed by atoms with Gasteiger partial charge in [0.1, 0.15) is 5.69 Å². The standard InChI is InChI=1S/C9H6BrClN2O/c10-5-1-2-7-6(3-5)9(11)8(4-14)13-12-7/h1-3,14H,4H2. The Kier molecular flexibility index (Phi) is 2.67. The number of aliphatic hydroxyl groups is 1. The molecule has 14 heavy (non-hydrogen) atoms. The van der Waals surface area contributed by atoms with Gasteiger partial charge in [0, 0.05) is 9.86 Å². The number of fused-ring (bicyclic) bond motifs is 1. The van der Waals surface area contributed by atoms with Crippen LogP contribution in [0.25, 0.3) is 10.9 Å². The van der Waals surface area contributed by atoms with Gasteiger partial charge < -0.3 is 5.11 Å². The molecule has 1 heterocycles. The summed E-state index contributed by atoms with van der Waals surface area (Å²) in [4.78, 5) is 0. The summed E-state index contributed by atoms with van der Waals surface area (Å²) < 4.78 is 0.920. The minimum absolute atomic E-state index is 0.200. The summed E-state index contributed by atoms with van der Waals surface area (Å²) in [7, 11) is 0. The van der Waals surface area contributed by atoms with Crippen LogP contribution in [-0.4, -0.2) is 15.3 Å². The quantitative estimate of drug-likeness (QED) is 0.868. The van der Waals surface area contributed by atoms with E-state index >= 15 is 0 Å². The summed E-state index contributed by atoms with van der Waals surface area (Å²) in [5.41, 5.74) is 1.12. The van der Waals surface area contributed by atoms with E-state index < -0.39 is 0 Å². The van der Waals surface area contributed by atoms with E-state index in [0.29, 0.717) is 10.7 Å². The number of aliphatic hydroxyl groups excluding tert-OH is 1. The van der Waals surface area contributed by atoms with Crippen molar-refractivity contribution in [2.24, 2.45) is 0 Å². The molecule has 0 radical (unpaired) electrons. The van der Waals surface area contributed by atoms with Gasteiger partial charge in [0.25, 0.3) is 0 Å². The molecule has 0 aliphatic carbocycles. The summed E-state index contributed by atoms with van der Waals surface area (Å²) in [5, 5.41) is 17.9. The molecule has 2 rings (SSSR count). The highest BCUT2D eigenvalue weighted by atomic mass is 79.9. The van der Waals surface area contributed by atoms with Gasteiger partial charge in [0.15, 0.2) is 0 Å². The third kappa shape index (κ3) is 1.61. The number of hydrogen-bond donors (Lipinski definition) is 1. The van der Waals surface area contributed by atoms with Gasteiger partial charge in [-0.2, -0.15) is 10.2 Å². The number of rotatable bonds is 1. The summed E-state index contributed by atoms with van der Waals surface area (Å²) in [6.45, 7) is -0.200. The van der Waals surface area contributed by atoms with Crippen LogP contribution in [-0.2, 0) is 6.61 Å². The molecule has 3 nitrogen and oxygen atoms in total. The third-order valence-corrected chi connectivity index (χ3v) is 2.79. The number of hydrogen-bond acceptors (Lipinski definition) is 3. The van der Waals surface area contributed by atoms with Crippen molar-refractivity contribution >= 4 is 38.4 Å². The zero-order valence-electron chi connectivity index (χ0n) is 7.04. The number of nitrogens with zero attached hydrogens (tertiary/aromatic N) is 2. The number of benzene rings is 1. The van der Waals surface area contributed by atoms with Gasteiger partial charge in [-0.05, 0) is 18.2 Å². The predicted octanol–water partition coefficient (Wildman–Crippen LogP) is 2.54. The first-order valence-corrected chi connectivity index (χ1v) is 5.10. The Morgan fingerprint density at radius 1 is 1.36 bits per heavy atom. The van der Waals surface area contributed by atoms with E-state index in [9.17, 15) is 0 Å². The first-order chi connectivity index (χ1) is 6.72. The second-order valence-electron chi connectivity index (χ2n) is 2.78. The van der Waals surface area contributed by atoms with Crippen molar-refractivity contribution in [3.8, 4) is 0 Å². The average Bonchev–Trinajstić information content (AvgIpc) is 2.20. The topological polar surface area (TPSA) is 46.0 Å². The smallest absolute Gasteiger partial charge is 0.108 e. The Balaban J connectivity index is 2.79. The molecule has 1 aromatic carbocycles. The summed E-state index contributed by atoms with van der Waals surface area (Å²) in [5.74, 6) is 0. The highest BCUT2D eigenvalue weighted by molar-refractivity contribution is 9.10. The van der Waals surface area contributed by atoms with Crippen molar-refractivity contribution in [3.05, 3.63) is 33.4 Å².